The van der Waals surface area contributed by atoms with Crippen molar-refractivity contribution in [2.45, 2.75) is 12.8 Å². The summed E-state index contributed by atoms with van der Waals surface area (Å²) in [4.78, 5) is 2.36. The topological polar surface area (TPSA) is 47.7 Å². The second-order valence-electron chi connectivity index (χ2n) is 5.51. The minimum atomic E-state index is 0.640. The quantitative estimate of drug-likeness (QED) is 0.862. The molecule has 0 atom stereocenters. The van der Waals surface area contributed by atoms with E-state index < -0.39 is 0 Å². The number of anilines is 2. The Morgan fingerprint density at radius 1 is 1.14 bits per heavy atom. The second kappa shape index (κ2) is 6.60. The standard InChI is InChI=1S/C18H22N2O2/c1-21-16-5-2-6-17(13-16)22-11-10-20-9-3-4-14-7-8-15(19)12-18(14)20/h2,5-8,12-13H,3-4,9-11,19H2,1H3. The van der Waals surface area contributed by atoms with Gasteiger partial charge in [0.25, 0.3) is 0 Å². The predicted octanol–water partition coefficient (Wildman–Crippen LogP) is 3.11. The van der Waals surface area contributed by atoms with E-state index in [0.29, 0.717) is 6.61 Å². The van der Waals surface area contributed by atoms with Crippen LogP contribution in [-0.2, 0) is 6.42 Å². The molecular weight excluding hydrogens is 276 g/mol. The first-order valence-corrected chi connectivity index (χ1v) is 7.66. The number of hydrogen-bond acceptors (Lipinski definition) is 4. The lowest BCUT2D eigenvalue weighted by molar-refractivity contribution is 0.319. The Labute approximate surface area is 131 Å². The molecule has 0 saturated carbocycles. The van der Waals surface area contributed by atoms with Gasteiger partial charge >= 0.3 is 0 Å². The molecule has 0 saturated heterocycles. The van der Waals surface area contributed by atoms with Crippen molar-refractivity contribution in [3.63, 3.8) is 0 Å². The maximum Gasteiger partial charge on any atom is 0.123 e. The molecule has 0 bridgehead atoms. The molecule has 0 radical (unpaired) electrons. The van der Waals surface area contributed by atoms with Crippen LogP contribution in [0.3, 0.4) is 0 Å². The zero-order valence-corrected chi connectivity index (χ0v) is 12.9. The number of aryl methyl sites for hydroxylation is 1. The average Bonchev–Trinajstić information content (AvgIpc) is 2.55. The Morgan fingerprint density at radius 3 is 2.86 bits per heavy atom. The van der Waals surface area contributed by atoms with Gasteiger partial charge in [0.05, 0.1) is 13.7 Å². The van der Waals surface area contributed by atoms with Gasteiger partial charge in [-0.15, -0.1) is 0 Å². The van der Waals surface area contributed by atoms with Crippen molar-refractivity contribution in [3.8, 4) is 11.5 Å². The fraction of sp³-hybridized carbons (Fsp3) is 0.333. The molecular formula is C18H22N2O2. The van der Waals surface area contributed by atoms with Crippen molar-refractivity contribution >= 4 is 11.4 Å². The maximum absolute atomic E-state index is 5.92. The smallest absolute Gasteiger partial charge is 0.123 e. The Kier molecular flexibility index (Phi) is 4.37. The lowest BCUT2D eigenvalue weighted by Gasteiger charge is -2.31. The van der Waals surface area contributed by atoms with Gasteiger partial charge in [-0.25, -0.2) is 0 Å². The number of nitrogens with zero attached hydrogens (tertiary/aromatic N) is 1. The number of fused-ring (bicyclic) bond motifs is 1. The van der Waals surface area contributed by atoms with E-state index >= 15 is 0 Å². The van der Waals surface area contributed by atoms with Gasteiger partial charge in [0.2, 0.25) is 0 Å². The van der Waals surface area contributed by atoms with E-state index in [9.17, 15) is 0 Å². The van der Waals surface area contributed by atoms with E-state index in [1.54, 1.807) is 7.11 Å². The first-order chi connectivity index (χ1) is 10.8. The summed E-state index contributed by atoms with van der Waals surface area (Å²) in [5.74, 6) is 1.65. The number of ether oxygens (including phenoxy) is 2. The zero-order valence-electron chi connectivity index (χ0n) is 12.9. The summed E-state index contributed by atoms with van der Waals surface area (Å²) in [7, 11) is 1.66. The summed E-state index contributed by atoms with van der Waals surface area (Å²) in [6, 6.07) is 13.9. The molecule has 4 heteroatoms. The van der Waals surface area contributed by atoms with Crippen LogP contribution in [0.1, 0.15) is 12.0 Å². The van der Waals surface area contributed by atoms with Gasteiger partial charge in [-0.3, -0.25) is 0 Å². The summed E-state index contributed by atoms with van der Waals surface area (Å²) in [5.41, 5.74) is 9.37. The van der Waals surface area contributed by atoms with E-state index in [-0.39, 0.29) is 0 Å². The zero-order chi connectivity index (χ0) is 15.4. The average molecular weight is 298 g/mol. The molecule has 0 aromatic heterocycles. The molecule has 0 spiro atoms. The summed E-state index contributed by atoms with van der Waals surface area (Å²) >= 11 is 0. The van der Waals surface area contributed by atoms with Gasteiger partial charge in [-0.2, -0.15) is 0 Å². The number of hydrogen-bond donors (Lipinski definition) is 1. The lowest BCUT2D eigenvalue weighted by atomic mass is 10.0. The highest BCUT2D eigenvalue weighted by Crippen LogP contribution is 2.29. The molecule has 116 valence electrons. The van der Waals surface area contributed by atoms with E-state index in [1.807, 2.05) is 30.3 Å². The van der Waals surface area contributed by atoms with Gasteiger partial charge in [0, 0.05) is 24.0 Å². The van der Waals surface area contributed by atoms with E-state index in [2.05, 4.69) is 17.0 Å². The molecule has 0 amide bonds. The summed E-state index contributed by atoms with van der Waals surface area (Å²) in [5, 5.41) is 0. The highest BCUT2D eigenvalue weighted by atomic mass is 16.5. The Hall–Kier alpha value is -2.36. The number of rotatable bonds is 5. The van der Waals surface area contributed by atoms with Crippen LogP contribution >= 0.6 is 0 Å². The van der Waals surface area contributed by atoms with Crippen molar-refractivity contribution in [1.82, 2.24) is 0 Å². The Bertz CT molecular complexity index is 643. The Morgan fingerprint density at radius 2 is 2.00 bits per heavy atom. The molecule has 4 nitrogen and oxygen atoms in total. The van der Waals surface area contributed by atoms with Crippen LogP contribution in [0.15, 0.2) is 42.5 Å². The van der Waals surface area contributed by atoms with Crippen LogP contribution in [0, 0.1) is 0 Å². The molecule has 1 aliphatic rings. The highest BCUT2D eigenvalue weighted by molar-refractivity contribution is 5.62. The first kappa shape index (κ1) is 14.6. The molecule has 0 fully saturated rings. The molecule has 3 rings (SSSR count). The lowest BCUT2D eigenvalue weighted by Crippen LogP contribution is -2.33. The molecule has 2 aromatic rings. The van der Waals surface area contributed by atoms with Crippen LogP contribution in [0.25, 0.3) is 0 Å². The highest BCUT2D eigenvalue weighted by Gasteiger charge is 2.16. The molecule has 2 N–H and O–H groups in total. The normalized spacial score (nSPS) is 13.6. The van der Waals surface area contributed by atoms with E-state index in [1.165, 1.54) is 17.7 Å². The third kappa shape index (κ3) is 3.27. The van der Waals surface area contributed by atoms with E-state index in [0.717, 1.165) is 36.7 Å². The first-order valence-electron chi connectivity index (χ1n) is 7.66. The maximum atomic E-state index is 5.92. The number of nitrogen functional groups attached to an aromatic ring is 1. The van der Waals surface area contributed by atoms with Crippen molar-refractivity contribution in [2.24, 2.45) is 0 Å². The van der Waals surface area contributed by atoms with Crippen LogP contribution in [0.2, 0.25) is 0 Å². The SMILES string of the molecule is COc1cccc(OCCN2CCCc3ccc(N)cc32)c1. The fourth-order valence-corrected chi connectivity index (χ4v) is 2.86. The second-order valence-corrected chi connectivity index (χ2v) is 5.51. The molecule has 2 aromatic carbocycles. The molecule has 0 aliphatic carbocycles. The van der Waals surface area contributed by atoms with E-state index in [4.69, 9.17) is 15.2 Å². The van der Waals surface area contributed by atoms with Crippen LogP contribution in [0.4, 0.5) is 11.4 Å². The minimum absolute atomic E-state index is 0.640. The predicted molar refractivity (Wildman–Crippen MR) is 89.9 cm³/mol. The monoisotopic (exact) mass is 298 g/mol. The van der Waals surface area contributed by atoms with Gasteiger partial charge < -0.3 is 20.1 Å². The third-order valence-electron chi connectivity index (χ3n) is 4.00. The molecule has 1 aliphatic heterocycles. The number of methoxy groups -OCH3 is 1. The summed E-state index contributed by atoms with van der Waals surface area (Å²) in [6.45, 7) is 2.55. The van der Waals surface area contributed by atoms with Gasteiger partial charge in [0.15, 0.2) is 0 Å². The molecule has 22 heavy (non-hydrogen) atoms. The number of nitrogens with two attached hydrogens (primary N) is 1. The molecule has 1 heterocycles. The van der Waals surface area contributed by atoms with Crippen molar-refractivity contribution in [1.29, 1.82) is 0 Å². The van der Waals surface area contributed by atoms with Gasteiger partial charge in [-0.05, 0) is 42.7 Å². The van der Waals surface area contributed by atoms with Crippen molar-refractivity contribution < 1.29 is 9.47 Å². The minimum Gasteiger partial charge on any atom is -0.497 e. The van der Waals surface area contributed by atoms with Crippen LogP contribution in [-0.4, -0.2) is 26.8 Å². The van der Waals surface area contributed by atoms with Crippen molar-refractivity contribution in [3.05, 3.63) is 48.0 Å². The summed E-state index contributed by atoms with van der Waals surface area (Å²) in [6.07, 6.45) is 2.30. The third-order valence-corrected chi connectivity index (χ3v) is 4.00. The Balaban J connectivity index is 1.62. The number of benzene rings is 2. The summed E-state index contributed by atoms with van der Waals surface area (Å²) < 4.78 is 11.1. The van der Waals surface area contributed by atoms with Gasteiger partial charge in [0.1, 0.15) is 18.1 Å². The van der Waals surface area contributed by atoms with Crippen molar-refractivity contribution in [2.75, 3.05) is 37.4 Å². The molecule has 0 unspecified atom stereocenters. The van der Waals surface area contributed by atoms with Crippen LogP contribution < -0.4 is 20.1 Å². The van der Waals surface area contributed by atoms with Crippen LogP contribution in [0.5, 0.6) is 11.5 Å². The largest absolute Gasteiger partial charge is 0.497 e. The van der Waals surface area contributed by atoms with Gasteiger partial charge in [-0.1, -0.05) is 12.1 Å². The fourth-order valence-electron chi connectivity index (χ4n) is 2.86.